The lowest BCUT2D eigenvalue weighted by atomic mass is 10.1. The summed E-state index contributed by atoms with van der Waals surface area (Å²) in [4.78, 5) is 37.8. The van der Waals surface area contributed by atoms with Gasteiger partial charge < -0.3 is 9.47 Å². The molecule has 0 saturated carbocycles. The molecule has 0 aliphatic heterocycles. The van der Waals surface area contributed by atoms with Crippen LogP contribution in [-0.4, -0.2) is 34.8 Å². The van der Waals surface area contributed by atoms with Gasteiger partial charge in [-0.2, -0.15) is 5.10 Å². The Morgan fingerprint density at radius 2 is 1.75 bits per heavy atom. The van der Waals surface area contributed by atoms with Crippen molar-refractivity contribution in [3.63, 3.8) is 0 Å². The zero-order valence-corrected chi connectivity index (χ0v) is 20.9. The van der Waals surface area contributed by atoms with Crippen LogP contribution in [0.25, 0.3) is 16.8 Å². The third-order valence-corrected chi connectivity index (χ3v) is 5.27. The average molecular weight is 493 g/mol. The van der Waals surface area contributed by atoms with E-state index in [2.05, 4.69) is 22.9 Å². The number of hydrogen-bond donors (Lipinski definition) is 2. The van der Waals surface area contributed by atoms with E-state index in [0.29, 0.717) is 48.5 Å². The second-order valence-electron chi connectivity index (χ2n) is 8.04. The fourth-order valence-corrected chi connectivity index (χ4v) is 3.50. The van der Waals surface area contributed by atoms with Crippen LogP contribution in [0.15, 0.2) is 53.3 Å². The fourth-order valence-electron chi connectivity index (χ4n) is 3.50. The quantitative estimate of drug-likeness (QED) is 0.239. The van der Waals surface area contributed by atoms with Crippen molar-refractivity contribution < 1.29 is 19.1 Å². The van der Waals surface area contributed by atoms with Gasteiger partial charge in [0.25, 0.3) is 17.4 Å². The first kappa shape index (κ1) is 26.5. The lowest BCUT2D eigenvalue weighted by molar-refractivity contribution is -0.117. The number of aryl methyl sites for hydroxylation is 1. The number of amides is 2. The highest BCUT2D eigenvalue weighted by atomic mass is 16.5. The maximum Gasteiger partial charge on any atom is 0.290 e. The van der Waals surface area contributed by atoms with Gasteiger partial charge in [0.05, 0.1) is 18.6 Å². The first-order valence-corrected chi connectivity index (χ1v) is 12.2. The van der Waals surface area contributed by atoms with Crippen LogP contribution < -0.4 is 25.9 Å². The summed E-state index contributed by atoms with van der Waals surface area (Å²) < 4.78 is 12.7. The summed E-state index contributed by atoms with van der Waals surface area (Å²) in [6, 6.07) is 12.2. The van der Waals surface area contributed by atoms with Gasteiger partial charge in [0, 0.05) is 18.0 Å². The van der Waals surface area contributed by atoms with E-state index in [-0.39, 0.29) is 11.3 Å². The largest absolute Gasteiger partial charge is 0.490 e. The second-order valence-corrected chi connectivity index (χ2v) is 8.04. The van der Waals surface area contributed by atoms with E-state index in [1.165, 1.54) is 10.8 Å². The summed E-state index contributed by atoms with van der Waals surface area (Å²) in [5.74, 6) is 0.105. The van der Waals surface area contributed by atoms with Gasteiger partial charge in [0.15, 0.2) is 17.2 Å². The summed E-state index contributed by atoms with van der Waals surface area (Å²) in [7, 11) is 0. The van der Waals surface area contributed by atoms with Crippen molar-refractivity contribution in [1.82, 2.24) is 20.6 Å². The molecule has 3 rings (SSSR count). The Labute approximate surface area is 210 Å². The van der Waals surface area contributed by atoms with E-state index in [4.69, 9.17) is 9.47 Å². The number of unbranched alkanes of at least 4 members (excludes halogenated alkanes) is 1. The molecule has 3 aromatic rings. The van der Waals surface area contributed by atoms with Crippen molar-refractivity contribution in [2.45, 2.75) is 46.6 Å². The molecule has 0 aliphatic rings. The Morgan fingerprint density at radius 1 is 0.972 bits per heavy atom. The van der Waals surface area contributed by atoms with Crippen LogP contribution in [0.2, 0.25) is 0 Å². The molecule has 0 radical (unpaired) electrons. The van der Waals surface area contributed by atoms with Crippen molar-refractivity contribution in [2.75, 3.05) is 13.2 Å². The van der Waals surface area contributed by atoms with E-state index in [1.54, 1.807) is 36.4 Å². The highest BCUT2D eigenvalue weighted by Crippen LogP contribution is 2.29. The van der Waals surface area contributed by atoms with Crippen molar-refractivity contribution in [3.05, 3.63) is 70.2 Å². The first-order valence-electron chi connectivity index (χ1n) is 12.2. The van der Waals surface area contributed by atoms with Gasteiger partial charge in [-0.15, -0.1) is 0 Å². The van der Waals surface area contributed by atoms with Crippen LogP contribution >= 0.6 is 0 Å². The number of rotatable bonds is 11. The van der Waals surface area contributed by atoms with E-state index in [9.17, 15) is 14.4 Å². The molecule has 9 nitrogen and oxygen atoms in total. The van der Waals surface area contributed by atoms with Crippen molar-refractivity contribution in [2.24, 2.45) is 0 Å². The molecule has 0 atom stereocenters. The predicted molar refractivity (Wildman–Crippen MR) is 139 cm³/mol. The first-order chi connectivity index (χ1) is 17.5. The van der Waals surface area contributed by atoms with Crippen LogP contribution in [0, 0.1) is 0 Å². The topological polar surface area (TPSA) is 112 Å². The molecule has 1 aromatic heterocycles. The molecule has 0 unspecified atom stereocenters. The Hall–Kier alpha value is -4.14. The molecule has 2 amide bonds. The molecular weight excluding hydrogens is 460 g/mol. The number of fused-ring (bicyclic) bond motifs is 1. The zero-order valence-electron chi connectivity index (χ0n) is 20.9. The number of carbonyl (C=O) groups excluding carboxylic acids is 2. The molecule has 36 heavy (non-hydrogen) atoms. The van der Waals surface area contributed by atoms with Gasteiger partial charge in [0.1, 0.15) is 0 Å². The Balaban J connectivity index is 1.69. The zero-order chi connectivity index (χ0) is 25.9. The van der Waals surface area contributed by atoms with E-state index < -0.39 is 11.8 Å². The molecule has 0 fully saturated rings. The van der Waals surface area contributed by atoms with Crippen LogP contribution in [0.3, 0.4) is 0 Å². The number of aromatic nitrogens is 2. The van der Waals surface area contributed by atoms with Gasteiger partial charge in [-0.1, -0.05) is 44.5 Å². The lowest BCUT2D eigenvalue weighted by Crippen LogP contribution is -2.42. The average Bonchev–Trinajstić information content (AvgIpc) is 2.89. The van der Waals surface area contributed by atoms with Crippen molar-refractivity contribution in [1.29, 1.82) is 0 Å². The SMILES string of the molecule is CCCCOc1ccc(C=CC(=O)NNC(=O)c2nn(CCC)c(=O)c3ccccc23)cc1OCC. The van der Waals surface area contributed by atoms with Crippen molar-refractivity contribution >= 4 is 28.7 Å². The van der Waals surface area contributed by atoms with Crippen LogP contribution in [0.5, 0.6) is 11.5 Å². The van der Waals surface area contributed by atoms with Gasteiger partial charge in [-0.25, -0.2) is 4.68 Å². The van der Waals surface area contributed by atoms with Gasteiger partial charge >= 0.3 is 0 Å². The number of hydrazine groups is 1. The second kappa shape index (κ2) is 13.1. The minimum absolute atomic E-state index is 0.0583. The summed E-state index contributed by atoms with van der Waals surface area (Å²) >= 11 is 0. The highest BCUT2D eigenvalue weighted by molar-refractivity contribution is 6.05. The number of nitrogens with one attached hydrogen (secondary N) is 2. The summed E-state index contributed by atoms with van der Waals surface area (Å²) in [5, 5.41) is 5.03. The fraction of sp³-hybridized carbons (Fsp3) is 0.333. The molecule has 2 N–H and O–H groups in total. The van der Waals surface area contributed by atoms with Gasteiger partial charge in [-0.3, -0.25) is 25.2 Å². The van der Waals surface area contributed by atoms with Crippen molar-refractivity contribution in [3.8, 4) is 11.5 Å². The number of nitrogens with zero attached hydrogens (tertiary/aromatic N) is 2. The summed E-state index contributed by atoms with van der Waals surface area (Å²) in [6.07, 6.45) is 5.57. The third-order valence-electron chi connectivity index (χ3n) is 5.27. The standard InChI is InChI=1S/C27H32N4O5/c1-4-7-17-36-22-14-12-19(18-23(22)35-6-3)13-15-24(32)28-29-26(33)25-20-10-8-9-11-21(20)27(34)31(30-25)16-5-2/h8-15,18H,4-7,16-17H2,1-3H3,(H,28,32)(H,29,33). The summed E-state index contributed by atoms with van der Waals surface area (Å²) in [5.41, 5.74) is 5.27. The number of benzene rings is 2. The van der Waals surface area contributed by atoms with Crippen LogP contribution in [0.4, 0.5) is 0 Å². The molecular formula is C27H32N4O5. The lowest BCUT2D eigenvalue weighted by Gasteiger charge is -2.12. The molecule has 0 saturated heterocycles. The maximum atomic E-state index is 12.8. The molecule has 2 aromatic carbocycles. The molecule has 0 aliphatic carbocycles. The molecule has 0 bridgehead atoms. The van der Waals surface area contributed by atoms with Crippen LogP contribution in [-0.2, 0) is 11.3 Å². The monoisotopic (exact) mass is 492 g/mol. The molecule has 0 spiro atoms. The van der Waals surface area contributed by atoms with Crippen LogP contribution in [0.1, 0.15) is 56.1 Å². The van der Waals surface area contributed by atoms with E-state index in [1.807, 2.05) is 26.0 Å². The minimum atomic E-state index is -0.620. The Morgan fingerprint density at radius 3 is 2.47 bits per heavy atom. The molecule has 9 heteroatoms. The maximum absolute atomic E-state index is 12.8. The molecule has 1 heterocycles. The normalized spacial score (nSPS) is 11.0. The molecule has 190 valence electrons. The highest BCUT2D eigenvalue weighted by Gasteiger charge is 2.16. The van der Waals surface area contributed by atoms with Gasteiger partial charge in [-0.05, 0) is 49.6 Å². The minimum Gasteiger partial charge on any atom is -0.490 e. The number of carbonyl (C=O) groups is 2. The smallest absolute Gasteiger partial charge is 0.290 e. The number of hydrogen-bond acceptors (Lipinski definition) is 6. The number of ether oxygens (including phenoxy) is 2. The third kappa shape index (κ3) is 6.71. The van der Waals surface area contributed by atoms with Gasteiger partial charge in [0.2, 0.25) is 0 Å². The van der Waals surface area contributed by atoms with E-state index >= 15 is 0 Å². The Bertz CT molecular complexity index is 1300. The Kier molecular flexibility index (Phi) is 9.62. The predicted octanol–water partition coefficient (Wildman–Crippen LogP) is 3.86. The van der Waals surface area contributed by atoms with E-state index in [0.717, 1.165) is 18.4 Å². The summed E-state index contributed by atoms with van der Waals surface area (Å²) in [6.45, 7) is 7.37.